The van der Waals surface area contributed by atoms with Crippen LogP contribution in [0.1, 0.15) is 35.6 Å². The lowest BCUT2D eigenvalue weighted by molar-refractivity contribution is -0.122. The van der Waals surface area contributed by atoms with Crippen molar-refractivity contribution < 1.29 is 4.79 Å². The Bertz CT molecular complexity index is 952. The van der Waals surface area contributed by atoms with Gasteiger partial charge in [-0.15, -0.1) is 0 Å². The van der Waals surface area contributed by atoms with Gasteiger partial charge in [-0.25, -0.2) is 5.43 Å². The minimum Gasteiger partial charge on any atom is -0.273 e. The zero-order valence-electron chi connectivity index (χ0n) is 16.2. The molecule has 1 unspecified atom stereocenters. The van der Waals surface area contributed by atoms with E-state index in [9.17, 15) is 4.79 Å². The normalized spacial score (nSPS) is 17.8. The zero-order chi connectivity index (χ0) is 19.6. The first-order chi connectivity index (χ1) is 13.6. The molecular formula is C25H24N2O. The van der Waals surface area contributed by atoms with Crippen LogP contribution in [0.3, 0.4) is 0 Å². The summed E-state index contributed by atoms with van der Waals surface area (Å²) in [6.07, 6.45) is 0.798. The maximum Gasteiger partial charge on any atom is 0.244 e. The summed E-state index contributed by atoms with van der Waals surface area (Å²) >= 11 is 0. The van der Waals surface area contributed by atoms with Crippen molar-refractivity contribution in [3.8, 4) is 0 Å². The van der Waals surface area contributed by atoms with Crippen LogP contribution in [0.2, 0.25) is 0 Å². The lowest BCUT2D eigenvalue weighted by Crippen LogP contribution is -2.26. The van der Waals surface area contributed by atoms with Gasteiger partial charge >= 0.3 is 0 Å². The van der Waals surface area contributed by atoms with Gasteiger partial charge in [0.1, 0.15) is 0 Å². The van der Waals surface area contributed by atoms with Gasteiger partial charge in [-0.3, -0.25) is 4.79 Å². The number of carbonyl (C=O) groups is 1. The molecule has 1 saturated carbocycles. The second-order valence-corrected chi connectivity index (χ2v) is 7.50. The smallest absolute Gasteiger partial charge is 0.244 e. The van der Waals surface area contributed by atoms with E-state index in [4.69, 9.17) is 0 Å². The van der Waals surface area contributed by atoms with E-state index >= 15 is 0 Å². The number of nitrogens with zero attached hydrogens (tertiary/aromatic N) is 1. The Morgan fingerprint density at radius 3 is 1.96 bits per heavy atom. The summed E-state index contributed by atoms with van der Waals surface area (Å²) in [6.45, 7) is 3.97. The van der Waals surface area contributed by atoms with Gasteiger partial charge in [-0.1, -0.05) is 90.5 Å². The molecule has 3 heteroatoms. The van der Waals surface area contributed by atoms with Crippen molar-refractivity contribution in [2.75, 3.05) is 0 Å². The first-order valence-corrected chi connectivity index (χ1v) is 9.63. The van der Waals surface area contributed by atoms with E-state index in [0.717, 1.165) is 17.7 Å². The van der Waals surface area contributed by atoms with E-state index in [2.05, 4.69) is 41.7 Å². The van der Waals surface area contributed by atoms with Crippen LogP contribution < -0.4 is 5.43 Å². The predicted octanol–water partition coefficient (Wildman–Crippen LogP) is 4.84. The van der Waals surface area contributed by atoms with Gasteiger partial charge in [0.2, 0.25) is 5.91 Å². The summed E-state index contributed by atoms with van der Waals surface area (Å²) in [5.74, 6) is -0.147. The molecule has 1 aliphatic rings. The van der Waals surface area contributed by atoms with Crippen LogP contribution in [0.4, 0.5) is 0 Å². The Labute approximate surface area is 166 Å². The van der Waals surface area contributed by atoms with Crippen molar-refractivity contribution in [3.05, 3.63) is 107 Å². The summed E-state index contributed by atoms with van der Waals surface area (Å²) in [4.78, 5) is 12.9. The summed E-state index contributed by atoms with van der Waals surface area (Å²) in [6, 6.07) is 28.7. The maximum atomic E-state index is 12.9. The Balaban J connectivity index is 1.56. The second-order valence-electron chi connectivity index (χ2n) is 7.50. The molecule has 0 radical (unpaired) electrons. The van der Waals surface area contributed by atoms with Crippen LogP contribution >= 0.6 is 0 Å². The summed E-state index contributed by atoms with van der Waals surface area (Å²) in [5, 5.41) is 4.36. The molecule has 140 valence electrons. The van der Waals surface area contributed by atoms with Gasteiger partial charge in [-0.05, 0) is 37.0 Å². The molecular weight excluding hydrogens is 344 g/mol. The molecule has 0 bridgehead atoms. The quantitative estimate of drug-likeness (QED) is 0.508. The summed E-state index contributed by atoms with van der Waals surface area (Å²) < 4.78 is 0. The largest absolute Gasteiger partial charge is 0.273 e. The van der Waals surface area contributed by atoms with Gasteiger partial charge in [0.15, 0.2) is 0 Å². The number of rotatable bonds is 5. The van der Waals surface area contributed by atoms with Gasteiger partial charge in [0.25, 0.3) is 0 Å². The molecule has 1 aliphatic carbocycles. The number of hydrazone groups is 1. The minimum atomic E-state index is -0.264. The molecule has 3 aromatic rings. The highest BCUT2D eigenvalue weighted by molar-refractivity contribution is 5.99. The van der Waals surface area contributed by atoms with E-state index in [1.807, 2.05) is 67.6 Å². The fourth-order valence-corrected chi connectivity index (χ4v) is 3.93. The van der Waals surface area contributed by atoms with Gasteiger partial charge in [0.05, 0.1) is 11.6 Å². The molecule has 0 saturated heterocycles. The third-order valence-electron chi connectivity index (χ3n) is 5.66. The van der Waals surface area contributed by atoms with Crippen LogP contribution in [-0.4, -0.2) is 11.6 Å². The number of hydrogen-bond acceptors (Lipinski definition) is 2. The Kier molecular flexibility index (Phi) is 4.82. The predicted molar refractivity (Wildman–Crippen MR) is 113 cm³/mol. The molecule has 1 fully saturated rings. The first kappa shape index (κ1) is 18.2. The van der Waals surface area contributed by atoms with Crippen molar-refractivity contribution in [1.82, 2.24) is 5.43 Å². The Hall–Kier alpha value is -3.20. The Morgan fingerprint density at radius 2 is 1.43 bits per heavy atom. The van der Waals surface area contributed by atoms with E-state index in [0.29, 0.717) is 0 Å². The van der Waals surface area contributed by atoms with Gasteiger partial charge in [0, 0.05) is 5.41 Å². The lowest BCUT2D eigenvalue weighted by Gasteiger charge is -2.18. The second kappa shape index (κ2) is 7.43. The average Bonchev–Trinajstić information content (AvgIpc) is 3.51. The number of nitrogens with one attached hydrogen (secondary N) is 1. The molecule has 3 aromatic carbocycles. The third kappa shape index (κ3) is 3.36. The monoisotopic (exact) mass is 368 g/mol. The summed E-state index contributed by atoms with van der Waals surface area (Å²) in [5.41, 5.74) is 7.92. The number of carbonyl (C=O) groups excluding carboxylic acids is 1. The van der Waals surface area contributed by atoms with Crippen molar-refractivity contribution in [1.29, 1.82) is 0 Å². The molecule has 3 nitrogen and oxygen atoms in total. The highest BCUT2D eigenvalue weighted by Gasteiger charge is 2.60. The lowest BCUT2D eigenvalue weighted by atomic mass is 9.85. The van der Waals surface area contributed by atoms with E-state index in [1.54, 1.807) is 0 Å². The van der Waals surface area contributed by atoms with Crippen LogP contribution in [0, 0.1) is 12.8 Å². The van der Waals surface area contributed by atoms with Crippen molar-refractivity contribution >= 4 is 11.6 Å². The molecule has 1 atom stereocenters. The highest BCUT2D eigenvalue weighted by atomic mass is 16.2. The molecule has 28 heavy (non-hydrogen) atoms. The summed E-state index contributed by atoms with van der Waals surface area (Å²) in [7, 11) is 0. The standard InChI is InChI=1S/C25H24N2O/c1-18-13-15-20(16-14-18)19(2)26-27-24(28)23-17-25(23,21-9-5-3-6-10-21)22-11-7-4-8-12-22/h3-16,23H,17H2,1-2H3,(H,27,28). The van der Waals surface area contributed by atoms with Crippen molar-refractivity contribution in [2.45, 2.75) is 25.7 Å². The fourth-order valence-electron chi connectivity index (χ4n) is 3.93. The van der Waals surface area contributed by atoms with Crippen LogP contribution in [0.5, 0.6) is 0 Å². The van der Waals surface area contributed by atoms with Crippen LogP contribution in [0.15, 0.2) is 90.0 Å². The molecule has 0 aliphatic heterocycles. The zero-order valence-corrected chi connectivity index (χ0v) is 16.2. The maximum absolute atomic E-state index is 12.9. The number of benzene rings is 3. The van der Waals surface area contributed by atoms with Crippen LogP contribution in [0.25, 0.3) is 0 Å². The van der Waals surface area contributed by atoms with Crippen LogP contribution in [-0.2, 0) is 10.2 Å². The van der Waals surface area contributed by atoms with E-state index in [1.165, 1.54) is 16.7 Å². The van der Waals surface area contributed by atoms with Crippen molar-refractivity contribution in [3.63, 3.8) is 0 Å². The fraction of sp³-hybridized carbons (Fsp3) is 0.200. The molecule has 0 aromatic heterocycles. The number of hydrogen-bond donors (Lipinski definition) is 1. The minimum absolute atomic E-state index is 0.0285. The molecule has 1 amide bonds. The van der Waals surface area contributed by atoms with Gasteiger partial charge < -0.3 is 0 Å². The first-order valence-electron chi connectivity index (χ1n) is 9.63. The SMILES string of the molecule is CC(=NNC(=O)C1CC1(c1ccccc1)c1ccccc1)c1ccc(C)cc1. The van der Waals surface area contributed by atoms with E-state index in [-0.39, 0.29) is 17.2 Å². The van der Waals surface area contributed by atoms with Crippen molar-refractivity contribution in [2.24, 2.45) is 11.0 Å². The molecule has 0 spiro atoms. The topological polar surface area (TPSA) is 41.5 Å². The molecule has 4 rings (SSSR count). The molecule has 0 heterocycles. The van der Waals surface area contributed by atoms with Gasteiger partial charge in [-0.2, -0.15) is 5.10 Å². The number of aryl methyl sites for hydroxylation is 1. The molecule has 1 N–H and O–H groups in total. The average molecular weight is 368 g/mol. The van der Waals surface area contributed by atoms with E-state index < -0.39 is 0 Å². The third-order valence-corrected chi connectivity index (χ3v) is 5.66. The highest BCUT2D eigenvalue weighted by Crippen LogP contribution is 2.58. The Morgan fingerprint density at radius 1 is 0.893 bits per heavy atom. The number of amides is 1.